The van der Waals surface area contributed by atoms with Crippen LogP contribution in [0.15, 0.2) is 18.2 Å². The van der Waals surface area contributed by atoms with Gasteiger partial charge in [0.2, 0.25) is 0 Å². The Morgan fingerprint density at radius 1 is 1.15 bits per heavy atom. The van der Waals surface area contributed by atoms with E-state index in [1.54, 1.807) is 7.11 Å². The van der Waals surface area contributed by atoms with E-state index in [-0.39, 0.29) is 0 Å². The molecule has 0 heterocycles. The summed E-state index contributed by atoms with van der Waals surface area (Å²) >= 11 is 0. The molecule has 110 valence electrons. The number of fused-ring (bicyclic) bond motifs is 1. The summed E-state index contributed by atoms with van der Waals surface area (Å²) in [6, 6.07) is 7.80. The van der Waals surface area contributed by atoms with Crippen molar-refractivity contribution in [3.8, 4) is 5.75 Å². The summed E-state index contributed by atoms with van der Waals surface area (Å²) in [6.45, 7) is 2.38. The van der Waals surface area contributed by atoms with Crippen LogP contribution < -0.4 is 10.1 Å². The molecule has 2 aliphatic carbocycles. The molecule has 0 aliphatic heterocycles. The van der Waals surface area contributed by atoms with Gasteiger partial charge in [-0.3, -0.25) is 0 Å². The molecule has 2 nitrogen and oxygen atoms in total. The largest absolute Gasteiger partial charge is 0.497 e. The lowest BCUT2D eigenvalue weighted by atomic mass is 9.86. The van der Waals surface area contributed by atoms with Gasteiger partial charge in [-0.1, -0.05) is 18.9 Å². The van der Waals surface area contributed by atoms with Crippen molar-refractivity contribution in [1.82, 2.24) is 5.32 Å². The Kier molecular flexibility index (Phi) is 4.30. The summed E-state index contributed by atoms with van der Waals surface area (Å²) in [5, 5.41) is 3.91. The van der Waals surface area contributed by atoms with Crippen LogP contribution in [0, 0.1) is 5.92 Å². The SMILES string of the molecule is COc1ccc2c(c1)CCCC2NC(C)C1CCCC1. The van der Waals surface area contributed by atoms with Crippen molar-refractivity contribution in [3.05, 3.63) is 29.3 Å². The van der Waals surface area contributed by atoms with Crippen molar-refractivity contribution in [2.24, 2.45) is 5.92 Å². The van der Waals surface area contributed by atoms with E-state index < -0.39 is 0 Å². The van der Waals surface area contributed by atoms with Crippen LogP contribution in [0.4, 0.5) is 0 Å². The molecule has 2 unspecified atom stereocenters. The highest BCUT2D eigenvalue weighted by Crippen LogP contribution is 2.34. The van der Waals surface area contributed by atoms with Crippen LogP contribution in [0.2, 0.25) is 0 Å². The molecule has 20 heavy (non-hydrogen) atoms. The first kappa shape index (κ1) is 13.9. The smallest absolute Gasteiger partial charge is 0.119 e. The average molecular weight is 273 g/mol. The van der Waals surface area contributed by atoms with E-state index in [0.717, 1.165) is 11.7 Å². The van der Waals surface area contributed by atoms with Crippen LogP contribution in [0.3, 0.4) is 0 Å². The predicted octanol–water partition coefficient (Wildman–Crippen LogP) is 4.24. The normalized spacial score (nSPS) is 24.4. The van der Waals surface area contributed by atoms with Crippen molar-refractivity contribution < 1.29 is 4.74 Å². The zero-order valence-electron chi connectivity index (χ0n) is 12.8. The highest BCUT2D eigenvalue weighted by Gasteiger charge is 2.26. The lowest BCUT2D eigenvalue weighted by molar-refractivity contribution is 0.324. The minimum absolute atomic E-state index is 0.542. The lowest BCUT2D eigenvalue weighted by Crippen LogP contribution is -2.36. The Morgan fingerprint density at radius 2 is 1.95 bits per heavy atom. The molecule has 1 N–H and O–H groups in total. The molecular formula is C18H27NO. The van der Waals surface area contributed by atoms with E-state index in [1.165, 1.54) is 56.1 Å². The highest BCUT2D eigenvalue weighted by atomic mass is 16.5. The summed E-state index contributed by atoms with van der Waals surface area (Å²) in [5.74, 6) is 1.88. The Hall–Kier alpha value is -1.02. The van der Waals surface area contributed by atoms with Gasteiger partial charge in [-0.15, -0.1) is 0 Å². The molecule has 2 heteroatoms. The van der Waals surface area contributed by atoms with Gasteiger partial charge in [0.05, 0.1) is 7.11 Å². The number of methoxy groups -OCH3 is 1. The summed E-state index contributed by atoms with van der Waals surface area (Å²) in [7, 11) is 1.75. The van der Waals surface area contributed by atoms with Gasteiger partial charge in [0, 0.05) is 12.1 Å². The maximum atomic E-state index is 5.36. The monoisotopic (exact) mass is 273 g/mol. The molecule has 0 bridgehead atoms. The van der Waals surface area contributed by atoms with E-state index in [9.17, 15) is 0 Å². The molecular weight excluding hydrogens is 246 g/mol. The Balaban J connectivity index is 1.72. The van der Waals surface area contributed by atoms with E-state index in [0.29, 0.717) is 12.1 Å². The molecule has 2 atom stereocenters. The number of rotatable bonds is 4. The van der Waals surface area contributed by atoms with Gasteiger partial charge < -0.3 is 10.1 Å². The Bertz CT molecular complexity index is 451. The van der Waals surface area contributed by atoms with Crippen molar-refractivity contribution in [2.75, 3.05) is 7.11 Å². The third-order valence-electron chi connectivity index (χ3n) is 5.24. The van der Waals surface area contributed by atoms with Gasteiger partial charge in [-0.05, 0) is 68.2 Å². The van der Waals surface area contributed by atoms with Gasteiger partial charge in [0.15, 0.2) is 0 Å². The fourth-order valence-electron chi connectivity index (χ4n) is 4.00. The van der Waals surface area contributed by atoms with Crippen LogP contribution in [0.25, 0.3) is 0 Å². The first-order chi connectivity index (χ1) is 9.78. The summed E-state index contributed by atoms with van der Waals surface area (Å²) in [5.41, 5.74) is 2.98. The van der Waals surface area contributed by atoms with Crippen molar-refractivity contribution in [1.29, 1.82) is 0 Å². The van der Waals surface area contributed by atoms with Crippen molar-refractivity contribution in [3.63, 3.8) is 0 Å². The number of nitrogens with one attached hydrogen (secondary N) is 1. The molecule has 1 fully saturated rings. The third kappa shape index (κ3) is 2.85. The van der Waals surface area contributed by atoms with E-state index in [2.05, 4.69) is 30.4 Å². The Labute approximate surface area is 122 Å². The van der Waals surface area contributed by atoms with E-state index in [1.807, 2.05) is 0 Å². The number of benzene rings is 1. The average Bonchev–Trinajstić information content (AvgIpc) is 3.01. The van der Waals surface area contributed by atoms with Crippen molar-refractivity contribution in [2.45, 2.75) is 64.0 Å². The molecule has 1 aromatic carbocycles. The zero-order valence-corrected chi connectivity index (χ0v) is 12.8. The lowest BCUT2D eigenvalue weighted by Gasteiger charge is -2.31. The highest BCUT2D eigenvalue weighted by molar-refractivity contribution is 5.39. The minimum Gasteiger partial charge on any atom is -0.497 e. The number of hydrogen-bond acceptors (Lipinski definition) is 2. The number of ether oxygens (including phenoxy) is 1. The van der Waals surface area contributed by atoms with Crippen molar-refractivity contribution >= 4 is 0 Å². The van der Waals surface area contributed by atoms with Crippen LogP contribution in [-0.2, 0) is 6.42 Å². The van der Waals surface area contributed by atoms with Gasteiger partial charge in [0.1, 0.15) is 5.75 Å². The van der Waals surface area contributed by atoms with Crippen LogP contribution in [-0.4, -0.2) is 13.2 Å². The van der Waals surface area contributed by atoms with Gasteiger partial charge >= 0.3 is 0 Å². The zero-order chi connectivity index (χ0) is 13.9. The van der Waals surface area contributed by atoms with Crippen LogP contribution in [0.5, 0.6) is 5.75 Å². The topological polar surface area (TPSA) is 21.3 Å². The molecule has 0 radical (unpaired) electrons. The fourth-order valence-corrected chi connectivity index (χ4v) is 4.00. The maximum absolute atomic E-state index is 5.36. The summed E-state index contributed by atoms with van der Waals surface area (Å²) in [4.78, 5) is 0. The van der Waals surface area contributed by atoms with Crippen LogP contribution >= 0.6 is 0 Å². The minimum atomic E-state index is 0.542. The molecule has 0 spiro atoms. The predicted molar refractivity (Wildman–Crippen MR) is 83.2 cm³/mol. The fraction of sp³-hybridized carbons (Fsp3) is 0.667. The van der Waals surface area contributed by atoms with Gasteiger partial charge in [0.25, 0.3) is 0 Å². The molecule has 0 saturated heterocycles. The third-order valence-corrected chi connectivity index (χ3v) is 5.24. The second kappa shape index (κ2) is 6.17. The van der Waals surface area contributed by atoms with Gasteiger partial charge in [-0.25, -0.2) is 0 Å². The van der Waals surface area contributed by atoms with E-state index >= 15 is 0 Å². The van der Waals surface area contributed by atoms with Gasteiger partial charge in [-0.2, -0.15) is 0 Å². The maximum Gasteiger partial charge on any atom is 0.119 e. The number of hydrogen-bond donors (Lipinski definition) is 1. The molecule has 1 saturated carbocycles. The van der Waals surface area contributed by atoms with Crippen LogP contribution in [0.1, 0.15) is 62.6 Å². The number of aryl methyl sites for hydroxylation is 1. The van der Waals surface area contributed by atoms with E-state index in [4.69, 9.17) is 4.74 Å². The molecule has 2 aliphatic rings. The molecule has 1 aromatic rings. The second-order valence-electron chi connectivity index (χ2n) is 6.51. The Morgan fingerprint density at radius 3 is 2.70 bits per heavy atom. The molecule has 0 amide bonds. The quantitative estimate of drug-likeness (QED) is 0.886. The molecule has 3 rings (SSSR count). The second-order valence-corrected chi connectivity index (χ2v) is 6.51. The first-order valence-electron chi connectivity index (χ1n) is 8.21. The standard InChI is InChI=1S/C18H27NO/c1-13(14-6-3-4-7-14)19-18-9-5-8-15-12-16(20-2)10-11-17(15)18/h10-14,18-19H,3-9H2,1-2H3. The first-order valence-corrected chi connectivity index (χ1v) is 8.21. The summed E-state index contributed by atoms with van der Waals surface area (Å²) < 4.78 is 5.36. The molecule has 0 aromatic heterocycles. The summed E-state index contributed by atoms with van der Waals surface area (Å²) in [6.07, 6.45) is 9.44.